The molecule has 1 atom stereocenters. The van der Waals surface area contributed by atoms with Crippen LogP contribution in [-0.2, 0) is 0 Å². The molecule has 0 aromatic heterocycles. The number of anilines is 1. The molecule has 0 aliphatic carbocycles. The average molecular weight is 291 g/mol. The van der Waals surface area contributed by atoms with Crippen LogP contribution in [0, 0.1) is 0 Å². The van der Waals surface area contributed by atoms with Gasteiger partial charge in [-0.15, -0.1) is 0 Å². The van der Waals surface area contributed by atoms with Crippen LogP contribution in [0.25, 0.3) is 5.57 Å². The quantitative estimate of drug-likeness (QED) is 0.855. The lowest BCUT2D eigenvalue weighted by molar-refractivity contribution is 0.212. The molecule has 0 radical (unpaired) electrons. The number of nitrogens with zero attached hydrogens (tertiary/aromatic N) is 2. The molecule has 1 N–H and O–H groups in total. The van der Waals surface area contributed by atoms with E-state index in [1.54, 1.807) is 0 Å². The van der Waals surface area contributed by atoms with E-state index in [2.05, 4.69) is 17.4 Å². The molecular formula is C18H17N3O. The van der Waals surface area contributed by atoms with Gasteiger partial charge in [0, 0.05) is 24.0 Å². The summed E-state index contributed by atoms with van der Waals surface area (Å²) in [5.41, 5.74) is 2.10. The molecule has 1 unspecified atom stereocenters. The topological polar surface area (TPSA) is 44.7 Å². The highest BCUT2D eigenvalue weighted by molar-refractivity contribution is 5.90. The van der Waals surface area contributed by atoms with Crippen molar-refractivity contribution >= 4 is 17.3 Å². The lowest BCUT2D eigenvalue weighted by Crippen LogP contribution is -2.43. The van der Waals surface area contributed by atoms with Gasteiger partial charge in [-0.25, -0.2) is 4.79 Å². The van der Waals surface area contributed by atoms with E-state index in [9.17, 15) is 4.79 Å². The molecule has 0 bridgehead atoms. The van der Waals surface area contributed by atoms with Crippen molar-refractivity contribution in [2.24, 2.45) is 4.99 Å². The van der Waals surface area contributed by atoms with Gasteiger partial charge in [-0.2, -0.15) is 0 Å². The van der Waals surface area contributed by atoms with Crippen molar-refractivity contribution in [3.05, 3.63) is 65.2 Å². The maximum atomic E-state index is 12.4. The molecule has 0 saturated carbocycles. The van der Waals surface area contributed by atoms with Gasteiger partial charge in [-0.3, -0.25) is 4.99 Å². The normalized spacial score (nSPS) is 19.2. The molecule has 2 aliphatic heterocycles. The molecule has 4 nitrogen and oxygen atoms in total. The van der Waals surface area contributed by atoms with Crippen molar-refractivity contribution in [2.75, 3.05) is 18.4 Å². The molecule has 0 spiro atoms. The Balaban J connectivity index is 1.57. The summed E-state index contributed by atoms with van der Waals surface area (Å²) < 4.78 is 0. The zero-order valence-electron chi connectivity index (χ0n) is 12.2. The Labute approximate surface area is 128 Å². The van der Waals surface area contributed by atoms with Crippen molar-refractivity contribution in [2.45, 2.75) is 12.5 Å². The maximum Gasteiger partial charge on any atom is 0.322 e. The van der Waals surface area contributed by atoms with Crippen LogP contribution in [0.2, 0.25) is 0 Å². The Kier molecular flexibility index (Phi) is 3.15. The van der Waals surface area contributed by atoms with Crippen LogP contribution in [0.4, 0.5) is 10.5 Å². The van der Waals surface area contributed by atoms with Gasteiger partial charge in [0.05, 0.1) is 11.4 Å². The molecule has 1 fully saturated rings. The van der Waals surface area contributed by atoms with Gasteiger partial charge in [-0.1, -0.05) is 36.4 Å². The summed E-state index contributed by atoms with van der Waals surface area (Å²) >= 11 is 0. The Morgan fingerprint density at radius 1 is 1.09 bits per heavy atom. The molecule has 110 valence electrons. The van der Waals surface area contributed by atoms with Crippen molar-refractivity contribution in [1.82, 2.24) is 4.90 Å². The molecular weight excluding hydrogens is 274 g/mol. The molecule has 2 aliphatic rings. The molecule has 4 rings (SSSR count). The smallest absolute Gasteiger partial charge is 0.320 e. The fraction of sp³-hybridized carbons (Fsp3) is 0.222. The minimum absolute atomic E-state index is 0.0402. The highest BCUT2D eigenvalue weighted by Crippen LogP contribution is 2.21. The highest BCUT2D eigenvalue weighted by Gasteiger charge is 2.29. The predicted octanol–water partition coefficient (Wildman–Crippen LogP) is 1.78. The summed E-state index contributed by atoms with van der Waals surface area (Å²) in [4.78, 5) is 19.1. The molecule has 2 amide bonds. The summed E-state index contributed by atoms with van der Waals surface area (Å²) in [5, 5.41) is 5.22. The first-order chi connectivity index (χ1) is 10.8. The Morgan fingerprint density at radius 3 is 2.73 bits per heavy atom. The highest BCUT2D eigenvalue weighted by atomic mass is 16.2. The van der Waals surface area contributed by atoms with E-state index in [1.807, 2.05) is 47.4 Å². The summed E-state index contributed by atoms with van der Waals surface area (Å²) in [7, 11) is 0. The van der Waals surface area contributed by atoms with Crippen molar-refractivity contribution in [3.8, 4) is 0 Å². The van der Waals surface area contributed by atoms with Crippen LogP contribution in [-0.4, -0.2) is 30.1 Å². The first kappa shape index (κ1) is 13.1. The van der Waals surface area contributed by atoms with Crippen molar-refractivity contribution in [1.29, 1.82) is 0 Å². The SMILES string of the molecule is O=C(Nc1ccccc1)N1CCC2N=c3ccccc3=C2C1. The van der Waals surface area contributed by atoms with Gasteiger partial charge in [0.1, 0.15) is 0 Å². The lowest BCUT2D eigenvalue weighted by atomic mass is 9.99. The fourth-order valence-corrected chi connectivity index (χ4v) is 3.17. The van der Waals surface area contributed by atoms with E-state index in [-0.39, 0.29) is 12.1 Å². The number of piperidine rings is 1. The number of hydrogen-bond acceptors (Lipinski definition) is 2. The van der Waals surface area contributed by atoms with Crippen LogP contribution < -0.4 is 15.9 Å². The third-order valence-electron chi connectivity index (χ3n) is 4.29. The maximum absolute atomic E-state index is 12.4. The third-order valence-corrected chi connectivity index (χ3v) is 4.29. The van der Waals surface area contributed by atoms with E-state index < -0.39 is 0 Å². The number of nitrogens with one attached hydrogen (secondary N) is 1. The second kappa shape index (κ2) is 5.30. The average Bonchev–Trinajstić information content (AvgIpc) is 2.93. The lowest BCUT2D eigenvalue weighted by Gasteiger charge is -2.31. The second-order valence-corrected chi connectivity index (χ2v) is 5.69. The number of carbonyl (C=O) groups excluding carboxylic acids is 1. The van der Waals surface area contributed by atoms with E-state index in [1.165, 1.54) is 10.8 Å². The van der Waals surface area contributed by atoms with Gasteiger partial charge >= 0.3 is 6.03 Å². The number of amides is 2. The number of hydrogen-bond donors (Lipinski definition) is 1. The van der Waals surface area contributed by atoms with Crippen LogP contribution >= 0.6 is 0 Å². The Hall–Kier alpha value is -2.62. The largest absolute Gasteiger partial charge is 0.322 e. The van der Waals surface area contributed by atoms with Crippen molar-refractivity contribution < 1.29 is 4.79 Å². The van der Waals surface area contributed by atoms with Crippen LogP contribution in [0.15, 0.2) is 59.6 Å². The van der Waals surface area contributed by atoms with Gasteiger partial charge in [-0.05, 0) is 30.2 Å². The minimum atomic E-state index is -0.0402. The first-order valence-electron chi connectivity index (χ1n) is 7.58. The van der Waals surface area contributed by atoms with Gasteiger partial charge in [0.15, 0.2) is 0 Å². The summed E-state index contributed by atoms with van der Waals surface area (Å²) in [5.74, 6) is 0. The number of urea groups is 1. The summed E-state index contributed by atoms with van der Waals surface area (Å²) in [6.45, 7) is 1.40. The predicted molar refractivity (Wildman–Crippen MR) is 86.1 cm³/mol. The number of rotatable bonds is 1. The summed E-state index contributed by atoms with van der Waals surface area (Å²) in [6, 6.07) is 18.0. The van der Waals surface area contributed by atoms with Crippen LogP contribution in [0.3, 0.4) is 0 Å². The van der Waals surface area contributed by atoms with Gasteiger partial charge < -0.3 is 10.2 Å². The number of fused-ring (bicyclic) bond motifs is 2. The first-order valence-corrected chi connectivity index (χ1v) is 7.58. The second-order valence-electron chi connectivity index (χ2n) is 5.69. The van der Waals surface area contributed by atoms with Gasteiger partial charge in [0.2, 0.25) is 0 Å². The Bertz CT molecular complexity index is 829. The van der Waals surface area contributed by atoms with Crippen LogP contribution in [0.1, 0.15) is 6.42 Å². The van der Waals surface area contributed by atoms with E-state index >= 15 is 0 Å². The minimum Gasteiger partial charge on any atom is -0.320 e. The molecule has 1 saturated heterocycles. The van der Waals surface area contributed by atoms with E-state index in [0.29, 0.717) is 6.54 Å². The molecule has 2 heterocycles. The zero-order valence-corrected chi connectivity index (χ0v) is 12.2. The van der Waals surface area contributed by atoms with Gasteiger partial charge in [0.25, 0.3) is 0 Å². The number of likely N-dealkylation sites (tertiary alicyclic amines) is 1. The molecule has 2 aromatic carbocycles. The molecule has 22 heavy (non-hydrogen) atoms. The third kappa shape index (κ3) is 2.26. The fourth-order valence-electron chi connectivity index (χ4n) is 3.17. The zero-order chi connectivity index (χ0) is 14.9. The summed E-state index contributed by atoms with van der Waals surface area (Å²) in [6.07, 6.45) is 0.895. The van der Waals surface area contributed by atoms with Crippen LogP contribution in [0.5, 0.6) is 0 Å². The number of para-hydroxylation sites is 2. The molecule has 4 heteroatoms. The number of carbonyl (C=O) groups is 1. The van der Waals surface area contributed by atoms with Crippen molar-refractivity contribution in [3.63, 3.8) is 0 Å². The monoisotopic (exact) mass is 291 g/mol. The standard InChI is InChI=1S/C18H17N3O/c22-18(19-13-6-2-1-3-7-13)21-11-10-17-15(12-21)14-8-4-5-9-16(14)20-17/h1-9,17H,10-12H2,(H,19,22). The van der Waals surface area contributed by atoms with E-state index in [4.69, 9.17) is 4.99 Å². The Morgan fingerprint density at radius 2 is 1.86 bits per heavy atom. The molecule has 2 aromatic rings. The van der Waals surface area contributed by atoms with E-state index in [0.717, 1.165) is 24.0 Å². The number of benzene rings is 2.